The Labute approximate surface area is 167 Å². The number of carbonyl (C=O) groups excluding carboxylic acids is 1. The van der Waals surface area contributed by atoms with Gasteiger partial charge in [-0.3, -0.25) is 14.9 Å². The monoisotopic (exact) mass is 385 g/mol. The molecule has 5 rings (SSSR count). The maximum atomic E-state index is 13.1. The van der Waals surface area contributed by atoms with Crippen LogP contribution in [0.5, 0.6) is 0 Å². The molecular weight excluding hydrogens is 366 g/mol. The minimum absolute atomic E-state index is 0.0612. The van der Waals surface area contributed by atoms with Gasteiger partial charge in [-0.15, -0.1) is 10.2 Å². The fraction of sp³-hybridized carbons (Fsp3) is 0.190. The Hall–Kier alpha value is -3.81. The number of aromatic nitrogens is 6. The van der Waals surface area contributed by atoms with Crippen LogP contribution in [0.15, 0.2) is 60.8 Å². The van der Waals surface area contributed by atoms with Crippen molar-refractivity contribution in [2.45, 2.75) is 19.5 Å². The first-order chi connectivity index (χ1) is 14.2. The molecule has 144 valence electrons. The second-order valence-corrected chi connectivity index (χ2v) is 7.09. The van der Waals surface area contributed by atoms with Crippen LogP contribution in [0.4, 0.5) is 0 Å². The third kappa shape index (κ3) is 3.08. The summed E-state index contributed by atoms with van der Waals surface area (Å²) in [4.78, 5) is 19.1. The average molecular weight is 385 g/mol. The molecule has 8 heteroatoms. The zero-order chi connectivity index (χ0) is 19.8. The van der Waals surface area contributed by atoms with Crippen LogP contribution in [-0.4, -0.2) is 47.3 Å². The summed E-state index contributed by atoms with van der Waals surface area (Å²) in [6, 6.07) is 17.4. The number of hydrogen-bond donors (Lipinski definition) is 1. The summed E-state index contributed by atoms with van der Waals surface area (Å²) in [5.74, 6) is 1.50. The van der Waals surface area contributed by atoms with Crippen LogP contribution >= 0.6 is 0 Å². The van der Waals surface area contributed by atoms with E-state index in [1.54, 1.807) is 17.2 Å². The number of nitrogens with one attached hydrogen (secondary N) is 1. The lowest BCUT2D eigenvalue weighted by atomic mass is 10.1. The Balaban J connectivity index is 1.40. The molecule has 1 aromatic carbocycles. The number of fused-ring (bicyclic) bond motifs is 1. The number of benzene rings is 1. The molecule has 3 aromatic heterocycles. The van der Waals surface area contributed by atoms with E-state index >= 15 is 0 Å². The summed E-state index contributed by atoms with van der Waals surface area (Å²) in [7, 11) is 0. The smallest absolute Gasteiger partial charge is 0.272 e. The Kier molecular flexibility index (Phi) is 4.16. The number of pyridine rings is 1. The Morgan fingerprint density at radius 3 is 2.69 bits per heavy atom. The van der Waals surface area contributed by atoms with Gasteiger partial charge in [0.05, 0.1) is 18.3 Å². The molecule has 0 aliphatic carbocycles. The van der Waals surface area contributed by atoms with Crippen molar-refractivity contribution < 1.29 is 4.79 Å². The second-order valence-electron chi connectivity index (χ2n) is 7.09. The van der Waals surface area contributed by atoms with E-state index in [0.29, 0.717) is 24.5 Å². The highest BCUT2D eigenvalue weighted by Crippen LogP contribution is 2.28. The average Bonchev–Trinajstić information content (AvgIpc) is 3.42. The number of carbonyl (C=O) groups is 1. The molecule has 1 atom stereocenters. The van der Waals surface area contributed by atoms with Crippen LogP contribution in [0.1, 0.15) is 29.3 Å². The minimum Gasteiger partial charge on any atom is -0.328 e. The standard InChI is InChI=1S/C21H19N7O/c1-14-12-27(13-19-25-26-20(28(14)19)15-7-3-2-4-8-15)21(29)18-11-17(23-24-18)16-9-5-6-10-22-16/h2-11,14H,12-13H2,1H3,(H,23,24)/t14-/m0/s1. The molecule has 4 aromatic rings. The van der Waals surface area contributed by atoms with Crippen molar-refractivity contribution in [2.24, 2.45) is 0 Å². The zero-order valence-corrected chi connectivity index (χ0v) is 15.9. The molecule has 0 bridgehead atoms. The molecule has 1 amide bonds. The maximum absolute atomic E-state index is 13.1. The summed E-state index contributed by atoms with van der Waals surface area (Å²) in [6.07, 6.45) is 1.70. The van der Waals surface area contributed by atoms with E-state index in [0.717, 1.165) is 22.9 Å². The first-order valence-electron chi connectivity index (χ1n) is 9.46. The highest BCUT2D eigenvalue weighted by atomic mass is 16.2. The van der Waals surface area contributed by atoms with Gasteiger partial charge in [0.1, 0.15) is 11.4 Å². The number of nitrogens with zero attached hydrogens (tertiary/aromatic N) is 6. The Bertz CT molecular complexity index is 1150. The van der Waals surface area contributed by atoms with Crippen molar-refractivity contribution in [1.29, 1.82) is 0 Å². The van der Waals surface area contributed by atoms with Crippen molar-refractivity contribution >= 4 is 5.91 Å². The van der Waals surface area contributed by atoms with Gasteiger partial charge in [0.25, 0.3) is 5.91 Å². The summed E-state index contributed by atoms with van der Waals surface area (Å²) in [5, 5.41) is 15.8. The lowest BCUT2D eigenvalue weighted by molar-refractivity contribution is 0.0676. The molecule has 8 nitrogen and oxygen atoms in total. The van der Waals surface area contributed by atoms with Gasteiger partial charge in [-0.1, -0.05) is 36.4 Å². The second kappa shape index (κ2) is 6.97. The van der Waals surface area contributed by atoms with Crippen molar-refractivity contribution in [1.82, 2.24) is 34.8 Å². The third-order valence-corrected chi connectivity index (χ3v) is 5.08. The summed E-state index contributed by atoms with van der Waals surface area (Å²) in [5.41, 5.74) is 2.83. The molecule has 0 fully saturated rings. The highest BCUT2D eigenvalue weighted by molar-refractivity contribution is 5.93. The number of H-pyrrole nitrogens is 1. The van der Waals surface area contributed by atoms with E-state index in [1.165, 1.54) is 0 Å². The van der Waals surface area contributed by atoms with Gasteiger partial charge < -0.3 is 9.47 Å². The normalized spacial score (nSPS) is 15.9. The van der Waals surface area contributed by atoms with E-state index in [4.69, 9.17) is 0 Å². The van der Waals surface area contributed by atoms with Crippen LogP contribution in [0, 0.1) is 0 Å². The molecule has 0 saturated heterocycles. The lowest BCUT2D eigenvalue weighted by Gasteiger charge is -2.32. The highest BCUT2D eigenvalue weighted by Gasteiger charge is 2.30. The quantitative estimate of drug-likeness (QED) is 0.585. The van der Waals surface area contributed by atoms with Crippen molar-refractivity contribution in [3.63, 3.8) is 0 Å². The molecule has 29 heavy (non-hydrogen) atoms. The SMILES string of the molecule is C[C@H]1CN(C(=O)c2cc(-c3ccccn3)n[nH]2)Cc2nnc(-c3ccccc3)n21. The summed E-state index contributed by atoms with van der Waals surface area (Å²) >= 11 is 0. The van der Waals surface area contributed by atoms with Gasteiger partial charge in [-0.2, -0.15) is 5.10 Å². The topological polar surface area (TPSA) is 92.6 Å². The number of amides is 1. The van der Waals surface area contributed by atoms with Gasteiger partial charge in [0.15, 0.2) is 11.6 Å². The molecule has 1 aliphatic heterocycles. The number of hydrogen-bond acceptors (Lipinski definition) is 5. The van der Waals surface area contributed by atoms with E-state index < -0.39 is 0 Å². The van der Waals surface area contributed by atoms with Crippen molar-refractivity contribution in [3.8, 4) is 22.8 Å². The van der Waals surface area contributed by atoms with Crippen LogP contribution in [0.3, 0.4) is 0 Å². The van der Waals surface area contributed by atoms with Crippen LogP contribution in [-0.2, 0) is 6.54 Å². The predicted octanol–water partition coefficient (Wildman–Crippen LogP) is 2.95. The van der Waals surface area contributed by atoms with E-state index in [1.807, 2.05) is 48.5 Å². The van der Waals surface area contributed by atoms with Crippen molar-refractivity contribution in [3.05, 3.63) is 72.3 Å². The Morgan fingerprint density at radius 1 is 1.07 bits per heavy atom. The molecule has 0 spiro atoms. The Morgan fingerprint density at radius 2 is 1.90 bits per heavy atom. The molecule has 1 aliphatic rings. The predicted molar refractivity (Wildman–Crippen MR) is 107 cm³/mol. The molecule has 1 N–H and O–H groups in total. The van der Waals surface area contributed by atoms with Crippen molar-refractivity contribution in [2.75, 3.05) is 6.54 Å². The van der Waals surface area contributed by atoms with Gasteiger partial charge >= 0.3 is 0 Å². The fourth-order valence-corrected chi connectivity index (χ4v) is 3.72. The van der Waals surface area contributed by atoms with E-state index in [2.05, 4.69) is 36.9 Å². The molecule has 4 heterocycles. The van der Waals surface area contributed by atoms with Gasteiger partial charge in [-0.25, -0.2) is 0 Å². The van der Waals surface area contributed by atoms with Crippen LogP contribution in [0.25, 0.3) is 22.8 Å². The fourth-order valence-electron chi connectivity index (χ4n) is 3.72. The lowest BCUT2D eigenvalue weighted by Crippen LogP contribution is -2.40. The van der Waals surface area contributed by atoms with Crippen LogP contribution in [0.2, 0.25) is 0 Å². The molecule has 0 radical (unpaired) electrons. The first kappa shape index (κ1) is 17.3. The van der Waals surface area contributed by atoms with Gasteiger partial charge in [0, 0.05) is 18.3 Å². The van der Waals surface area contributed by atoms with Gasteiger partial charge in [0.2, 0.25) is 0 Å². The largest absolute Gasteiger partial charge is 0.328 e. The summed E-state index contributed by atoms with van der Waals surface area (Å²) < 4.78 is 2.12. The molecule has 0 saturated carbocycles. The maximum Gasteiger partial charge on any atom is 0.272 e. The first-order valence-corrected chi connectivity index (χ1v) is 9.46. The number of rotatable bonds is 3. The van der Waals surface area contributed by atoms with Gasteiger partial charge in [-0.05, 0) is 25.1 Å². The number of aromatic amines is 1. The zero-order valence-electron chi connectivity index (χ0n) is 15.9. The van der Waals surface area contributed by atoms with Crippen LogP contribution < -0.4 is 0 Å². The van der Waals surface area contributed by atoms with E-state index in [-0.39, 0.29) is 11.9 Å². The summed E-state index contributed by atoms with van der Waals surface area (Å²) in [6.45, 7) is 3.05. The molecule has 0 unspecified atom stereocenters. The minimum atomic E-state index is -0.109. The third-order valence-electron chi connectivity index (χ3n) is 5.08. The molecular formula is C21H19N7O. The van der Waals surface area contributed by atoms with E-state index in [9.17, 15) is 4.79 Å².